The second-order valence-corrected chi connectivity index (χ2v) is 7.72. The normalized spacial score (nSPS) is 22.5. The highest BCUT2D eigenvalue weighted by molar-refractivity contribution is 5.68. The smallest absolute Gasteiger partial charge is 0.180 e. The van der Waals surface area contributed by atoms with Crippen molar-refractivity contribution in [2.75, 3.05) is 14.2 Å². The molecule has 2 heterocycles. The van der Waals surface area contributed by atoms with Crippen molar-refractivity contribution in [3.63, 3.8) is 0 Å². The van der Waals surface area contributed by atoms with Gasteiger partial charge in [0.15, 0.2) is 17.2 Å². The highest BCUT2D eigenvalue weighted by atomic mass is 16.5. The summed E-state index contributed by atoms with van der Waals surface area (Å²) in [6.07, 6.45) is 7.94. The van der Waals surface area contributed by atoms with Crippen molar-refractivity contribution < 1.29 is 14.2 Å². The number of methoxy groups -OCH3 is 2. The van der Waals surface area contributed by atoms with Crippen LogP contribution in [0.15, 0.2) is 48.5 Å². The van der Waals surface area contributed by atoms with E-state index >= 15 is 0 Å². The van der Waals surface area contributed by atoms with Gasteiger partial charge in [-0.2, -0.15) is 5.01 Å². The number of hydrazine groups is 1. The van der Waals surface area contributed by atoms with Crippen molar-refractivity contribution >= 4 is 5.70 Å². The minimum atomic E-state index is -0.338. The molecule has 0 saturated heterocycles. The number of hydrogen-bond acceptors (Lipinski definition) is 5. The molecule has 1 fully saturated rings. The molecule has 28 heavy (non-hydrogen) atoms. The molecule has 5 nitrogen and oxygen atoms in total. The van der Waals surface area contributed by atoms with Crippen molar-refractivity contribution in [3.8, 4) is 17.2 Å². The molecule has 2 aromatic carbocycles. The average Bonchev–Trinajstić information content (AvgIpc) is 3.21. The van der Waals surface area contributed by atoms with E-state index in [-0.39, 0.29) is 11.8 Å². The number of fused-ring (bicyclic) bond motifs is 4. The van der Waals surface area contributed by atoms with E-state index in [0.717, 1.165) is 46.9 Å². The van der Waals surface area contributed by atoms with E-state index in [1.165, 1.54) is 19.3 Å². The van der Waals surface area contributed by atoms with Crippen LogP contribution in [0.2, 0.25) is 0 Å². The fourth-order valence-electron chi connectivity index (χ4n) is 4.71. The molecule has 0 bridgehead atoms. The zero-order chi connectivity index (χ0) is 19.1. The summed E-state index contributed by atoms with van der Waals surface area (Å²) in [5.74, 6) is 2.57. The Kier molecular flexibility index (Phi) is 4.20. The lowest BCUT2D eigenvalue weighted by molar-refractivity contribution is -0.151. The second kappa shape index (κ2) is 6.74. The Morgan fingerprint density at radius 3 is 2.50 bits per heavy atom. The van der Waals surface area contributed by atoms with Gasteiger partial charge in [-0.3, -0.25) is 0 Å². The van der Waals surface area contributed by atoms with Crippen LogP contribution in [0.25, 0.3) is 5.70 Å². The van der Waals surface area contributed by atoms with Crippen LogP contribution in [0.4, 0.5) is 0 Å². The zero-order valence-electron chi connectivity index (χ0n) is 16.4. The molecular formula is C23H26N2O3. The molecule has 0 aromatic heterocycles. The summed E-state index contributed by atoms with van der Waals surface area (Å²) in [7, 11) is 3.40. The van der Waals surface area contributed by atoms with E-state index in [0.29, 0.717) is 0 Å². The molecule has 5 rings (SSSR count). The Balaban J connectivity index is 1.58. The van der Waals surface area contributed by atoms with E-state index < -0.39 is 0 Å². The third kappa shape index (κ3) is 2.65. The Morgan fingerprint density at radius 1 is 1.00 bits per heavy atom. The fraction of sp³-hybridized carbons (Fsp3) is 0.391. The summed E-state index contributed by atoms with van der Waals surface area (Å²) in [5, 5.41) is 2.33. The van der Waals surface area contributed by atoms with Crippen LogP contribution in [-0.4, -0.2) is 25.0 Å². The lowest BCUT2D eigenvalue weighted by Gasteiger charge is -2.50. The Bertz CT molecular complexity index is 901. The lowest BCUT2D eigenvalue weighted by Crippen LogP contribution is -2.60. The number of nitrogens with one attached hydrogen (secondary N) is 1. The van der Waals surface area contributed by atoms with Crippen LogP contribution in [0.3, 0.4) is 0 Å². The van der Waals surface area contributed by atoms with Crippen molar-refractivity contribution in [3.05, 3.63) is 59.7 Å². The van der Waals surface area contributed by atoms with Gasteiger partial charge in [0.2, 0.25) is 0 Å². The van der Waals surface area contributed by atoms with Gasteiger partial charge in [-0.05, 0) is 54.8 Å². The Hall–Kier alpha value is -2.66. The van der Waals surface area contributed by atoms with Crippen LogP contribution in [0.5, 0.6) is 17.2 Å². The summed E-state index contributed by atoms with van der Waals surface area (Å²) >= 11 is 0. The first-order chi connectivity index (χ1) is 13.7. The predicted molar refractivity (Wildman–Crippen MR) is 108 cm³/mol. The largest absolute Gasteiger partial charge is 0.497 e. The molecular weight excluding hydrogens is 352 g/mol. The second-order valence-electron chi connectivity index (χ2n) is 7.72. The van der Waals surface area contributed by atoms with Gasteiger partial charge < -0.3 is 19.6 Å². The van der Waals surface area contributed by atoms with Crippen molar-refractivity contribution in [2.24, 2.45) is 0 Å². The molecule has 3 aliphatic rings. The zero-order valence-corrected chi connectivity index (χ0v) is 16.4. The van der Waals surface area contributed by atoms with Crippen molar-refractivity contribution in [1.82, 2.24) is 10.4 Å². The first-order valence-corrected chi connectivity index (χ1v) is 10.0. The van der Waals surface area contributed by atoms with Gasteiger partial charge in [0.05, 0.1) is 26.0 Å². The van der Waals surface area contributed by atoms with Gasteiger partial charge in [-0.15, -0.1) is 0 Å². The quantitative estimate of drug-likeness (QED) is 0.841. The number of nitrogens with zero attached hydrogens (tertiary/aromatic N) is 1. The molecule has 0 amide bonds. The van der Waals surface area contributed by atoms with Crippen LogP contribution in [-0.2, 0) is 0 Å². The number of benzene rings is 2. The van der Waals surface area contributed by atoms with Gasteiger partial charge in [0.25, 0.3) is 0 Å². The highest BCUT2D eigenvalue weighted by Crippen LogP contribution is 2.52. The summed E-state index contributed by atoms with van der Waals surface area (Å²) < 4.78 is 17.6. The maximum absolute atomic E-state index is 6.70. The number of rotatable bonds is 3. The van der Waals surface area contributed by atoms with E-state index in [1.807, 2.05) is 24.3 Å². The molecule has 0 unspecified atom stereocenters. The number of para-hydroxylation sites is 1. The summed E-state index contributed by atoms with van der Waals surface area (Å²) in [5.41, 5.74) is 6.73. The maximum Gasteiger partial charge on any atom is 0.180 e. The van der Waals surface area contributed by atoms with Crippen LogP contribution >= 0.6 is 0 Å². The lowest BCUT2D eigenvalue weighted by atomic mass is 9.87. The van der Waals surface area contributed by atoms with Crippen molar-refractivity contribution in [1.29, 1.82) is 0 Å². The average molecular weight is 378 g/mol. The van der Waals surface area contributed by atoms with E-state index in [4.69, 9.17) is 14.2 Å². The van der Waals surface area contributed by atoms with Crippen LogP contribution in [0.1, 0.15) is 49.3 Å². The predicted octanol–water partition coefficient (Wildman–Crippen LogP) is 4.66. The minimum absolute atomic E-state index is 0.119. The van der Waals surface area contributed by atoms with Gasteiger partial charge in [-0.25, -0.2) is 0 Å². The summed E-state index contributed by atoms with van der Waals surface area (Å²) in [6, 6.07) is 14.5. The topological polar surface area (TPSA) is 43.0 Å². The van der Waals surface area contributed by atoms with Crippen LogP contribution in [0, 0.1) is 0 Å². The fourth-order valence-corrected chi connectivity index (χ4v) is 4.71. The molecule has 1 aliphatic carbocycles. The first-order valence-electron chi connectivity index (χ1n) is 10.0. The van der Waals surface area contributed by atoms with Gasteiger partial charge in [0, 0.05) is 18.4 Å². The van der Waals surface area contributed by atoms with Gasteiger partial charge >= 0.3 is 0 Å². The minimum Gasteiger partial charge on any atom is -0.497 e. The monoisotopic (exact) mass is 378 g/mol. The third-order valence-electron chi connectivity index (χ3n) is 6.16. The van der Waals surface area contributed by atoms with Crippen molar-refractivity contribution in [2.45, 2.75) is 43.9 Å². The Labute approximate surface area is 165 Å². The van der Waals surface area contributed by atoms with Gasteiger partial charge in [-0.1, -0.05) is 18.6 Å². The maximum atomic E-state index is 6.70. The molecule has 0 radical (unpaired) electrons. The van der Waals surface area contributed by atoms with E-state index in [1.54, 1.807) is 14.2 Å². The summed E-state index contributed by atoms with van der Waals surface area (Å²) in [6.45, 7) is 0. The number of hydrogen-bond donors (Lipinski definition) is 1. The third-order valence-corrected chi connectivity index (χ3v) is 6.16. The molecule has 2 aliphatic heterocycles. The van der Waals surface area contributed by atoms with Crippen LogP contribution < -0.4 is 19.6 Å². The molecule has 146 valence electrons. The molecule has 5 heteroatoms. The Morgan fingerprint density at radius 2 is 1.79 bits per heavy atom. The molecule has 1 N–H and O–H groups in total. The molecule has 1 atom stereocenters. The standard InChI is InChI=1S/C23H26N2O3/c1-26-17-11-9-16(10-12-17)19-15-20-18-7-6-8-21(27-2)22(18)28-23(25(20)24-19)13-4-3-5-14-23/h6-12,15,20,24H,3-5,13-14H2,1-2H3/t20-/m0/s1. The SMILES string of the molecule is COc1ccc(C2=C[C@H]3c4cccc(OC)c4OC4(CCCCC4)N3N2)cc1. The van der Waals surface area contributed by atoms with E-state index in [9.17, 15) is 0 Å². The van der Waals surface area contributed by atoms with Gasteiger partial charge in [0.1, 0.15) is 5.75 Å². The molecule has 1 saturated carbocycles. The first kappa shape index (κ1) is 17.4. The highest BCUT2D eigenvalue weighted by Gasteiger charge is 2.51. The number of ether oxygens (including phenoxy) is 3. The van der Waals surface area contributed by atoms with E-state index in [2.05, 4.69) is 34.7 Å². The molecule has 1 spiro atoms. The molecule has 2 aromatic rings. The summed E-state index contributed by atoms with van der Waals surface area (Å²) in [4.78, 5) is 0.